The molecule has 0 bridgehead atoms. The highest BCUT2D eigenvalue weighted by Crippen LogP contribution is 2.44. The monoisotopic (exact) mass is 380 g/mol. The summed E-state index contributed by atoms with van der Waals surface area (Å²) in [5.74, 6) is 1.73. The van der Waals surface area contributed by atoms with Gasteiger partial charge < -0.3 is 14.7 Å². The van der Waals surface area contributed by atoms with Crippen LogP contribution in [0.2, 0.25) is 0 Å². The molecule has 3 atom stereocenters. The maximum absolute atomic E-state index is 9.68. The van der Waals surface area contributed by atoms with E-state index in [9.17, 15) is 5.21 Å². The summed E-state index contributed by atoms with van der Waals surface area (Å²) >= 11 is 0. The molecule has 1 aliphatic heterocycles. The van der Waals surface area contributed by atoms with Gasteiger partial charge in [-0.2, -0.15) is 0 Å². The quantitative estimate of drug-likeness (QED) is 0.442. The van der Waals surface area contributed by atoms with Gasteiger partial charge in [0.1, 0.15) is 11.5 Å². The smallest absolute Gasteiger partial charge is 0.118 e. The second kappa shape index (κ2) is 8.93. The summed E-state index contributed by atoms with van der Waals surface area (Å²) in [5, 5.41) is 13.3. The van der Waals surface area contributed by atoms with Crippen LogP contribution in [0.5, 0.6) is 11.5 Å². The third-order valence-electron chi connectivity index (χ3n) is 5.59. The average molecular weight is 380 g/mol. The van der Waals surface area contributed by atoms with Crippen LogP contribution in [0.3, 0.4) is 0 Å². The maximum atomic E-state index is 9.68. The van der Waals surface area contributed by atoms with Crippen LogP contribution in [0.1, 0.15) is 36.6 Å². The van der Waals surface area contributed by atoms with Crippen molar-refractivity contribution in [2.45, 2.75) is 25.4 Å². The van der Waals surface area contributed by atoms with E-state index in [1.165, 1.54) is 0 Å². The SMILES string of the molecule is C=CCN1C(c2ccc(OC)cc2)C/C(=N\O)C(C)C1c1ccc(OC)cc1. The third kappa shape index (κ3) is 3.90. The highest BCUT2D eigenvalue weighted by molar-refractivity contribution is 5.88. The molecule has 1 aliphatic rings. The molecule has 1 fully saturated rings. The van der Waals surface area contributed by atoms with E-state index in [0.717, 1.165) is 34.9 Å². The van der Waals surface area contributed by atoms with Gasteiger partial charge in [0.25, 0.3) is 0 Å². The zero-order chi connectivity index (χ0) is 20.1. The molecule has 1 saturated heterocycles. The highest BCUT2D eigenvalue weighted by Gasteiger charge is 2.40. The van der Waals surface area contributed by atoms with Crippen LogP contribution in [0.15, 0.2) is 66.3 Å². The molecule has 1 heterocycles. The van der Waals surface area contributed by atoms with E-state index in [-0.39, 0.29) is 18.0 Å². The van der Waals surface area contributed by atoms with E-state index in [1.54, 1.807) is 14.2 Å². The zero-order valence-electron chi connectivity index (χ0n) is 16.7. The Hall–Kier alpha value is -2.79. The lowest BCUT2D eigenvalue weighted by molar-refractivity contribution is 0.108. The van der Waals surface area contributed by atoms with Gasteiger partial charge in [-0.1, -0.05) is 42.4 Å². The number of methoxy groups -OCH3 is 2. The zero-order valence-corrected chi connectivity index (χ0v) is 16.7. The maximum Gasteiger partial charge on any atom is 0.118 e. The summed E-state index contributed by atoms with van der Waals surface area (Å²) < 4.78 is 10.6. The minimum absolute atomic E-state index is 0.0654. The number of piperidine rings is 1. The molecule has 148 valence electrons. The van der Waals surface area contributed by atoms with Crippen LogP contribution in [-0.4, -0.2) is 36.6 Å². The van der Waals surface area contributed by atoms with Crippen molar-refractivity contribution in [1.29, 1.82) is 0 Å². The highest BCUT2D eigenvalue weighted by atomic mass is 16.5. The molecule has 1 N–H and O–H groups in total. The lowest BCUT2D eigenvalue weighted by Crippen LogP contribution is -2.44. The number of oxime groups is 1. The molecule has 5 heteroatoms. The fraction of sp³-hybridized carbons (Fsp3) is 0.348. The number of hydrogen-bond donors (Lipinski definition) is 1. The molecule has 5 nitrogen and oxygen atoms in total. The van der Waals surface area contributed by atoms with Gasteiger partial charge in [-0.05, 0) is 35.4 Å². The fourth-order valence-corrected chi connectivity index (χ4v) is 4.10. The molecule has 0 aromatic heterocycles. The number of nitrogens with zero attached hydrogens (tertiary/aromatic N) is 2. The standard InChI is InChI=1S/C23H28N2O3/c1-5-14-25-22(17-6-10-19(27-3)11-7-17)15-21(24-26)16(2)23(25)18-8-12-20(28-4)13-9-18/h5-13,16,22-23,26H,1,14-15H2,2-4H3/b24-21+. The van der Waals surface area contributed by atoms with Gasteiger partial charge in [-0.15, -0.1) is 6.58 Å². The van der Waals surface area contributed by atoms with Crippen LogP contribution in [0.25, 0.3) is 0 Å². The summed E-state index contributed by atoms with van der Waals surface area (Å²) in [6.07, 6.45) is 2.60. The minimum Gasteiger partial charge on any atom is -0.497 e. The van der Waals surface area contributed by atoms with Crippen molar-refractivity contribution in [3.05, 3.63) is 72.3 Å². The van der Waals surface area contributed by atoms with E-state index in [1.807, 2.05) is 30.3 Å². The van der Waals surface area contributed by atoms with Gasteiger partial charge >= 0.3 is 0 Å². The van der Waals surface area contributed by atoms with Crippen LogP contribution in [0, 0.1) is 5.92 Å². The molecule has 2 aromatic carbocycles. The predicted molar refractivity (Wildman–Crippen MR) is 111 cm³/mol. The Labute approximate surface area is 166 Å². The van der Waals surface area contributed by atoms with Crippen molar-refractivity contribution in [3.63, 3.8) is 0 Å². The molecule has 0 radical (unpaired) electrons. The van der Waals surface area contributed by atoms with Gasteiger partial charge in [-0.3, -0.25) is 4.90 Å². The Morgan fingerprint density at radius 3 is 2.04 bits per heavy atom. The van der Waals surface area contributed by atoms with Gasteiger partial charge in [0, 0.05) is 31.0 Å². The summed E-state index contributed by atoms with van der Waals surface area (Å²) in [4.78, 5) is 2.43. The molecule has 0 aliphatic carbocycles. The van der Waals surface area contributed by atoms with Crippen molar-refractivity contribution in [2.75, 3.05) is 20.8 Å². The largest absolute Gasteiger partial charge is 0.497 e. The molecular weight excluding hydrogens is 352 g/mol. The molecule has 0 spiro atoms. The number of rotatable bonds is 6. The van der Waals surface area contributed by atoms with Crippen molar-refractivity contribution in [3.8, 4) is 11.5 Å². The van der Waals surface area contributed by atoms with Crippen molar-refractivity contribution >= 4 is 5.71 Å². The molecule has 0 amide bonds. The van der Waals surface area contributed by atoms with Crippen LogP contribution >= 0.6 is 0 Å². The minimum atomic E-state index is 0.0654. The fourth-order valence-electron chi connectivity index (χ4n) is 4.10. The Morgan fingerprint density at radius 2 is 1.57 bits per heavy atom. The van der Waals surface area contributed by atoms with Crippen LogP contribution in [0.4, 0.5) is 0 Å². The first-order valence-corrected chi connectivity index (χ1v) is 9.48. The van der Waals surface area contributed by atoms with Crippen molar-refractivity contribution in [2.24, 2.45) is 11.1 Å². The first kappa shape index (κ1) is 20.0. The topological polar surface area (TPSA) is 54.3 Å². The first-order chi connectivity index (χ1) is 13.6. The van der Waals surface area contributed by atoms with Gasteiger partial charge in [0.15, 0.2) is 0 Å². The van der Waals surface area contributed by atoms with E-state index < -0.39 is 0 Å². The number of benzene rings is 2. The summed E-state index contributed by atoms with van der Waals surface area (Å²) in [6.45, 7) is 6.82. The molecular formula is C23H28N2O3. The van der Waals surface area contributed by atoms with Gasteiger partial charge in [-0.25, -0.2) is 0 Å². The molecule has 2 aromatic rings. The van der Waals surface area contributed by atoms with Crippen LogP contribution in [-0.2, 0) is 0 Å². The number of ether oxygens (including phenoxy) is 2. The predicted octanol–water partition coefficient (Wildman–Crippen LogP) is 4.84. The summed E-state index contributed by atoms with van der Waals surface area (Å²) in [6, 6.07) is 16.4. The van der Waals surface area contributed by atoms with E-state index in [2.05, 4.69) is 47.8 Å². The second-order valence-corrected chi connectivity index (χ2v) is 7.08. The molecule has 3 unspecified atom stereocenters. The van der Waals surface area contributed by atoms with Crippen molar-refractivity contribution < 1.29 is 14.7 Å². The molecule has 0 saturated carbocycles. The van der Waals surface area contributed by atoms with Crippen molar-refractivity contribution in [1.82, 2.24) is 4.90 Å². The Balaban J connectivity index is 2.04. The van der Waals surface area contributed by atoms with Gasteiger partial charge in [0.2, 0.25) is 0 Å². The summed E-state index contributed by atoms with van der Waals surface area (Å²) in [5.41, 5.74) is 3.13. The number of hydrogen-bond acceptors (Lipinski definition) is 5. The second-order valence-electron chi connectivity index (χ2n) is 7.08. The third-order valence-corrected chi connectivity index (χ3v) is 5.59. The van der Waals surface area contributed by atoms with E-state index >= 15 is 0 Å². The Kier molecular flexibility index (Phi) is 6.37. The normalized spacial score (nSPS) is 24.1. The molecule has 3 rings (SSSR count). The Bertz CT molecular complexity index is 815. The first-order valence-electron chi connectivity index (χ1n) is 9.48. The average Bonchev–Trinajstić information content (AvgIpc) is 2.74. The summed E-state index contributed by atoms with van der Waals surface area (Å²) in [7, 11) is 3.33. The Morgan fingerprint density at radius 1 is 1.04 bits per heavy atom. The van der Waals surface area contributed by atoms with E-state index in [0.29, 0.717) is 6.42 Å². The lowest BCUT2D eigenvalue weighted by Gasteiger charge is -2.46. The van der Waals surface area contributed by atoms with Gasteiger partial charge in [0.05, 0.1) is 19.9 Å². The number of likely N-dealkylation sites (tertiary alicyclic amines) is 1. The lowest BCUT2D eigenvalue weighted by atomic mass is 9.79. The van der Waals surface area contributed by atoms with E-state index in [4.69, 9.17) is 9.47 Å². The van der Waals surface area contributed by atoms with Crippen LogP contribution < -0.4 is 9.47 Å². The molecule has 28 heavy (non-hydrogen) atoms.